The molecule has 2 fully saturated rings. The fraction of sp³-hybridized carbons (Fsp3) is 0.524. The molecule has 5 nitrogen and oxygen atoms in total. The number of aromatic nitrogens is 1. The van der Waals surface area contributed by atoms with E-state index in [0.717, 1.165) is 41.2 Å². The van der Waals surface area contributed by atoms with Crippen LogP contribution in [0.1, 0.15) is 43.4 Å². The molecule has 2 atom stereocenters. The van der Waals surface area contributed by atoms with Gasteiger partial charge in [-0.15, -0.1) is 11.3 Å². The third-order valence-corrected chi connectivity index (χ3v) is 7.11. The highest BCUT2D eigenvalue weighted by Gasteiger charge is 2.38. The van der Waals surface area contributed by atoms with E-state index in [1.54, 1.807) is 11.3 Å². The number of likely N-dealkylation sites (tertiary alicyclic amines) is 1. The SMILES string of the molecule is Cc1cnc(N=C2NC(N3CCCC3C3=CC=C(Cl)CC3)=CN[C@H]2C2CC2)s1. The second kappa shape index (κ2) is 7.56. The van der Waals surface area contributed by atoms with E-state index in [-0.39, 0.29) is 6.04 Å². The van der Waals surface area contributed by atoms with Crippen LogP contribution in [0.5, 0.6) is 0 Å². The third-order valence-electron chi connectivity index (χ3n) is 5.99. The van der Waals surface area contributed by atoms with Gasteiger partial charge in [0, 0.05) is 28.9 Å². The number of rotatable bonds is 4. The number of halogens is 1. The summed E-state index contributed by atoms with van der Waals surface area (Å²) in [5.74, 6) is 2.82. The van der Waals surface area contributed by atoms with Crippen molar-refractivity contribution in [1.82, 2.24) is 20.5 Å². The number of allylic oxidation sites excluding steroid dienone is 3. The number of nitrogens with one attached hydrogen (secondary N) is 2. The lowest BCUT2D eigenvalue weighted by atomic mass is 9.96. The second-order valence-electron chi connectivity index (χ2n) is 8.09. The molecule has 1 unspecified atom stereocenters. The van der Waals surface area contributed by atoms with Crippen LogP contribution < -0.4 is 10.6 Å². The van der Waals surface area contributed by atoms with Crippen molar-refractivity contribution in [2.45, 2.75) is 57.5 Å². The summed E-state index contributed by atoms with van der Waals surface area (Å²) in [5.41, 5.74) is 1.49. The number of hydrogen-bond donors (Lipinski definition) is 2. The highest BCUT2D eigenvalue weighted by Crippen LogP contribution is 2.37. The topological polar surface area (TPSA) is 52.6 Å². The van der Waals surface area contributed by atoms with E-state index in [4.69, 9.17) is 16.6 Å². The zero-order valence-corrected chi connectivity index (χ0v) is 17.7. The van der Waals surface area contributed by atoms with Crippen LogP contribution in [0.25, 0.3) is 0 Å². The van der Waals surface area contributed by atoms with E-state index >= 15 is 0 Å². The number of hydrogen-bond acceptors (Lipinski definition) is 5. The molecule has 2 aliphatic carbocycles. The normalized spacial score (nSPS) is 29.1. The average molecular weight is 416 g/mol. The zero-order valence-electron chi connectivity index (χ0n) is 16.1. The Morgan fingerprint density at radius 3 is 2.86 bits per heavy atom. The summed E-state index contributed by atoms with van der Waals surface area (Å²) in [4.78, 5) is 13.0. The molecule has 0 amide bonds. The number of thiazole rings is 1. The van der Waals surface area contributed by atoms with Crippen LogP contribution in [0, 0.1) is 12.8 Å². The van der Waals surface area contributed by atoms with Gasteiger partial charge in [-0.3, -0.25) is 0 Å². The van der Waals surface area contributed by atoms with E-state index in [1.165, 1.54) is 36.1 Å². The maximum absolute atomic E-state index is 6.17. The fourth-order valence-electron chi connectivity index (χ4n) is 4.38. The van der Waals surface area contributed by atoms with Crippen LogP contribution >= 0.6 is 22.9 Å². The molecule has 0 spiro atoms. The largest absolute Gasteiger partial charge is 0.378 e. The highest BCUT2D eigenvalue weighted by molar-refractivity contribution is 7.15. The first-order chi connectivity index (χ1) is 13.7. The predicted octanol–water partition coefficient (Wildman–Crippen LogP) is 4.56. The molecule has 1 saturated heterocycles. The molecule has 3 heterocycles. The van der Waals surface area contributed by atoms with E-state index in [2.05, 4.69) is 45.8 Å². The van der Waals surface area contributed by atoms with Crippen molar-refractivity contribution in [2.75, 3.05) is 6.54 Å². The summed E-state index contributed by atoms with van der Waals surface area (Å²) >= 11 is 7.82. The lowest BCUT2D eigenvalue weighted by Crippen LogP contribution is -2.52. The van der Waals surface area contributed by atoms with Gasteiger partial charge in [0.25, 0.3) is 0 Å². The number of aliphatic imine (C=N–C) groups is 1. The fourth-order valence-corrected chi connectivity index (χ4v) is 5.18. The van der Waals surface area contributed by atoms with Gasteiger partial charge in [-0.05, 0) is 63.0 Å². The van der Waals surface area contributed by atoms with Crippen LogP contribution in [0.4, 0.5) is 5.13 Å². The molecule has 1 aromatic rings. The molecule has 148 valence electrons. The first-order valence-corrected chi connectivity index (χ1v) is 11.4. The molecule has 1 saturated carbocycles. The molecule has 1 aromatic heterocycles. The van der Waals surface area contributed by atoms with Gasteiger partial charge in [0.05, 0.1) is 12.1 Å². The number of nitrogens with zero attached hydrogens (tertiary/aromatic N) is 3. The van der Waals surface area contributed by atoms with Crippen molar-refractivity contribution in [3.05, 3.63) is 45.9 Å². The molecule has 7 heteroatoms. The maximum Gasteiger partial charge on any atom is 0.211 e. The van der Waals surface area contributed by atoms with Crippen LogP contribution in [0.2, 0.25) is 0 Å². The van der Waals surface area contributed by atoms with Gasteiger partial charge < -0.3 is 15.5 Å². The highest BCUT2D eigenvalue weighted by atomic mass is 35.5. The Kier molecular flexibility index (Phi) is 4.93. The van der Waals surface area contributed by atoms with E-state index in [0.29, 0.717) is 12.0 Å². The molecule has 0 bridgehead atoms. The van der Waals surface area contributed by atoms with E-state index < -0.39 is 0 Å². The summed E-state index contributed by atoms with van der Waals surface area (Å²) < 4.78 is 0. The molecule has 4 aliphatic rings. The van der Waals surface area contributed by atoms with Crippen LogP contribution in [0.15, 0.2) is 46.0 Å². The van der Waals surface area contributed by atoms with Crippen molar-refractivity contribution in [3.63, 3.8) is 0 Å². The monoisotopic (exact) mass is 415 g/mol. The summed E-state index contributed by atoms with van der Waals surface area (Å²) in [6, 6.07) is 0.715. The van der Waals surface area contributed by atoms with Gasteiger partial charge in [-0.25, -0.2) is 9.98 Å². The van der Waals surface area contributed by atoms with Crippen LogP contribution in [-0.2, 0) is 0 Å². The Labute approximate surface area is 175 Å². The maximum atomic E-state index is 6.17. The second-order valence-corrected chi connectivity index (χ2v) is 9.79. The number of amidine groups is 1. The van der Waals surface area contributed by atoms with Gasteiger partial charge in [-0.1, -0.05) is 17.7 Å². The molecule has 5 rings (SSSR count). The standard InChI is InChI=1S/C21H26ClN5S/c1-13-11-24-21(28-13)26-20-19(15-4-5-15)23-12-18(25-20)27-10-2-3-17(27)14-6-8-16(22)9-7-14/h6,8,11-12,15,17,19,23H,2-5,7,9-10H2,1H3,(H,24,25,26)/t17?,19-/m0/s1. The minimum absolute atomic E-state index is 0.268. The van der Waals surface area contributed by atoms with Crippen molar-refractivity contribution < 1.29 is 0 Å². The van der Waals surface area contributed by atoms with E-state index in [9.17, 15) is 0 Å². The van der Waals surface area contributed by atoms with Crippen LogP contribution in [0.3, 0.4) is 0 Å². The molecule has 0 radical (unpaired) electrons. The molecular formula is C21H26ClN5S. The van der Waals surface area contributed by atoms with Crippen molar-refractivity contribution in [3.8, 4) is 0 Å². The van der Waals surface area contributed by atoms with Gasteiger partial charge in [-0.2, -0.15) is 0 Å². The average Bonchev–Trinajstić information content (AvgIpc) is 3.27. The smallest absolute Gasteiger partial charge is 0.211 e. The number of aryl methyl sites for hydroxylation is 1. The third kappa shape index (κ3) is 3.72. The van der Waals surface area contributed by atoms with Crippen molar-refractivity contribution in [1.29, 1.82) is 0 Å². The summed E-state index contributed by atoms with van der Waals surface area (Å²) in [5, 5.41) is 9.12. The molecular weight excluding hydrogens is 390 g/mol. The molecule has 2 N–H and O–H groups in total. The van der Waals surface area contributed by atoms with Crippen LogP contribution in [-0.4, -0.2) is 34.3 Å². The Morgan fingerprint density at radius 2 is 2.14 bits per heavy atom. The zero-order chi connectivity index (χ0) is 19.1. The predicted molar refractivity (Wildman–Crippen MR) is 116 cm³/mol. The Morgan fingerprint density at radius 1 is 1.25 bits per heavy atom. The summed E-state index contributed by atoms with van der Waals surface area (Å²) in [6.45, 7) is 3.14. The minimum Gasteiger partial charge on any atom is -0.378 e. The Hall–Kier alpha value is -1.79. The molecule has 2 aliphatic heterocycles. The molecule has 28 heavy (non-hydrogen) atoms. The van der Waals surface area contributed by atoms with Gasteiger partial charge in [0.2, 0.25) is 5.13 Å². The summed E-state index contributed by atoms with van der Waals surface area (Å²) in [7, 11) is 0. The first kappa shape index (κ1) is 18.3. The van der Waals surface area contributed by atoms with Gasteiger partial charge >= 0.3 is 0 Å². The Bertz CT molecular complexity index is 879. The summed E-state index contributed by atoms with van der Waals surface area (Å²) in [6.07, 6.45) is 15.3. The van der Waals surface area contributed by atoms with Crippen molar-refractivity contribution in [2.24, 2.45) is 10.9 Å². The minimum atomic E-state index is 0.268. The molecule has 0 aromatic carbocycles. The Balaban J connectivity index is 1.40. The van der Waals surface area contributed by atoms with Gasteiger partial charge in [0.15, 0.2) is 0 Å². The lowest BCUT2D eigenvalue weighted by molar-refractivity contribution is 0.326. The van der Waals surface area contributed by atoms with E-state index in [1.807, 2.05) is 6.20 Å². The quantitative estimate of drug-likeness (QED) is 0.756. The van der Waals surface area contributed by atoms with Crippen molar-refractivity contribution >= 4 is 33.9 Å². The first-order valence-electron chi connectivity index (χ1n) is 10.2. The lowest BCUT2D eigenvalue weighted by Gasteiger charge is -2.36. The van der Waals surface area contributed by atoms with Gasteiger partial charge in [0.1, 0.15) is 11.7 Å².